The number of rotatable bonds is 4. The summed E-state index contributed by atoms with van der Waals surface area (Å²) in [5.74, 6) is 1.05. The van der Waals surface area contributed by atoms with Crippen molar-refractivity contribution in [1.29, 1.82) is 0 Å². The first-order valence-electron chi connectivity index (χ1n) is 4.92. The Hall–Kier alpha value is -2.44. The second-order valence-electron chi connectivity index (χ2n) is 3.39. The van der Waals surface area contributed by atoms with Crippen molar-refractivity contribution in [2.75, 3.05) is 5.32 Å². The highest BCUT2D eigenvalue weighted by atomic mass is 16.6. The van der Waals surface area contributed by atoms with E-state index in [1.54, 1.807) is 19.1 Å². The Morgan fingerprint density at radius 1 is 1.41 bits per heavy atom. The number of nitro benzene ring substituents is 1. The molecule has 0 unspecified atom stereocenters. The van der Waals surface area contributed by atoms with Crippen LogP contribution in [0.2, 0.25) is 0 Å². The average molecular weight is 234 g/mol. The molecule has 0 aliphatic rings. The third-order valence-electron chi connectivity index (χ3n) is 2.09. The molecule has 0 bridgehead atoms. The van der Waals surface area contributed by atoms with Crippen LogP contribution in [-0.4, -0.2) is 15.1 Å². The van der Waals surface area contributed by atoms with Crippen molar-refractivity contribution in [3.05, 3.63) is 46.1 Å². The van der Waals surface area contributed by atoms with Gasteiger partial charge in [-0.25, -0.2) is 0 Å². The molecule has 0 saturated carbocycles. The van der Waals surface area contributed by atoms with Crippen molar-refractivity contribution in [2.24, 2.45) is 0 Å². The molecule has 0 fully saturated rings. The quantitative estimate of drug-likeness (QED) is 0.641. The van der Waals surface area contributed by atoms with Crippen molar-refractivity contribution in [3.63, 3.8) is 0 Å². The predicted molar refractivity (Wildman–Crippen MR) is 59.5 cm³/mol. The van der Waals surface area contributed by atoms with E-state index in [4.69, 9.17) is 4.52 Å². The number of nitro groups is 1. The summed E-state index contributed by atoms with van der Waals surface area (Å²) in [6, 6.07) is 6.12. The molecule has 1 aromatic carbocycles. The molecule has 7 nitrogen and oxygen atoms in total. The number of hydrogen-bond donors (Lipinski definition) is 1. The Bertz CT molecular complexity index is 521. The molecule has 2 aromatic rings. The Morgan fingerprint density at radius 3 is 2.65 bits per heavy atom. The van der Waals surface area contributed by atoms with Crippen molar-refractivity contribution in [2.45, 2.75) is 13.5 Å². The van der Waals surface area contributed by atoms with Gasteiger partial charge >= 0.3 is 0 Å². The van der Waals surface area contributed by atoms with Gasteiger partial charge in [-0.2, -0.15) is 4.98 Å². The van der Waals surface area contributed by atoms with Gasteiger partial charge in [-0.15, -0.1) is 0 Å². The van der Waals surface area contributed by atoms with Crippen LogP contribution in [0, 0.1) is 17.0 Å². The largest absolute Gasteiger partial charge is 0.376 e. The molecule has 0 spiro atoms. The predicted octanol–water partition coefficient (Wildman–Crippen LogP) is 1.90. The van der Waals surface area contributed by atoms with Crippen LogP contribution < -0.4 is 5.32 Å². The van der Waals surface area contributed by atoms with Gasteiger partial charge in [-0.05, 0) is 19.1 Å². The number of nitrogens with one attached hydrogen (secondary N) is 1. The highest BCUT2D eigenvalue weighted by Crippen LogP contribution is 2.15. The molecule has 0 saturated heterocycles. The van der Waals surface area contributed by atoms with Crippen molar-refractivity contribution >= 4 is 11.4 Å². The molecule has 0 aliphatic carbocycles. The minimum atomic E-state index is -0.439. The number of hydrogen-bond acceptors (Lipinski definition) is 6. The zero-order valence-electron chi connectivity index (χ0n) is 9.08. The van der Waals surface area contributed by atoms with Crippen LogP contribution >= 0.6 is 0 Å². The molecular formula is C10H10N4O3. The SMILES string of the molecule is Cc1noc(CNc2ccc([N+](=O)[O-])cc2)n1. The highest BCUT2D eigenvalue weighted by molar-refractivity contribution is 5.48. The van der Waals surface area contributed by atoms with E-state index in [-0.39, 0.29) is 5.69 Å². The number of aromatic nitrogens is 2. The standard InChI is InChI=1S/C10H10N4O3/c1-7-12-10(17-13-7)6-11-8-2-4-9(5-3-8)14(15)16/h2-5,11H,6H2,1H3. The fraction of sp³-hybridized carbons (Fsp3) is 0.200. The summed E-state index contributed by atoms with van der Waals surface area (Å²) >= 11 is 0. The van der Waals surface area contributed by atoms with E-state index in [1.165, 1.54) is 12.1 Å². The third kappa shape index (κ3) is 2.77. The van der Waals surface area contributed by atoms with Crippen LogP contribution in [0.25, 0.3) is 0 Å². The summed E-state index contributed by atoms with van der Waals surface area (Å²) in [5, 5.41) is 17.1. The van der Waals surface area contributed by atoms with E-state index in [0.717, 1.165) is 5.69 Å². The Balaban J connectivity index is 1.97. The Morgan fingerprint density at radius 2 is 2.12 bits per heavy atom. The summed E-state index contributed by atoms with van der Waals surface area (Å²) in [6.45, 7) is 2.12. The molecule has 88 valence electrons. The topological polar surface area (TPSA) is 94.1 Å². The van der Waals surface area contributed by atoms with Gasteiger partial charge in [-0.1, -0.05) is 5.16 Å². The van der Waals surface area contributed by atoms with Crippen LogP contribution in [0.4, 0.5) is 11.4 Å². The van der Waals surface area contributed by atoms with Crippen LogP contribution in [0.3, 0.4) is 0 Å². The summed E-state index contributed by atoms with van der Waals surface area (Å²) in [4.78, 5) is 14.0. The normalized spacial score (nSPS) is 10.2. The second-order valence-corrected chi connectivity index (χ2v) is 3.39. The van der Waals surface area contributed by atoms with Gasteiger partial charge in [-0.3, -0.25) is 10.1 Å². The highest BCUT2D eigenvalue weighted by Gasteiger charge is 2.05. The monoisotopic (exact) mass is 234 g/mol. The molecule has 17 heavy (non-hydrogen) atoms. The summed E-state index contributed by atoms with van der Waals surface area (Å²) in [5.41, 5.74) is 0.815. The van der Waals surface area contributed by atoms with Gasteiger partial charge in [0.25, 0.3) is 5.69 Å². The molecule has 7 heteroatoms. The summed E-state index contributed by atoms with van der Waals surface area (Å²) in [6.07, 6.45) is 0. The maximum atomic E-state index is 10.4. The van der Waals surface area contributed by atoms with Crippen LogP contribution in [0.15, 0.2) is 28.8 Å². The number of nitrogens with zero attached hydrogens (tertiary/aromatic N) is 3. The molecule has 0 amide bonds. The minimum absolute atomic E-state index is 0.0594. The average Bonchev–Trinajstić information content (AvgIpc) is 2.73. The molecule has 0 atom stereocenters. The van der Waals surface area contributed by atoms with Gasteiger partial charge in [0.2, 0.25) is 5.89 Å². The molecule has 0 aliphatic heterocycles. The third-order valence-corrected chi connectivity index (χ3v) is 2.09. The fourth-order valence-corrected chi connectivity index (χ4v) is 1.29. The molecular weight excluding hydrogens is 224 g/mol. The van der Waals surface area contributed by atoms with Gasteiger partial charge in [0, 0.05) is 17.8 Å². The van der Waals surface area contributed by atoms with Gasteiger partial charge in [0.15, 0.2) is 5.82 Å². The van der Waals surface area contributed by atoms with E-state index in [2.05, 4.69) is 15.5 Å². The van der Waals surface area contributed by atoms with Crippen LogP contribution in [0.1, 0.15) is 11.7 Å². The van der Waals surface area contributed by atoms with E-state index < -0.39 is 4.92 Å². The van der Waals surface area contributed by atoms with E-state index in [9.17, 15) is 10.1 Å². The summed E-state index contributed by atoms with van der Waals surface area (Å²) < 4.78 is 4.92. The number of benzene rings is 1. The lowest BCUT2D eigenvalue weighted by Gasteiger charge is -2.01. The molecule has 2 rings (SSSR count). The first-order chi connectivity index (χ1) is 8.15. The lowest BCUT2D eigenvalue weighted by atomic mass is 10.3. The maximum Gasteiger partial charge on any atom is 0.269 e. The van der Waals surface area contributed by atoms with E-state index in [1.807, 2.05) is 0 Å². The molecule has 1 N–H and O–H groups in total. The maximum absolute atomic E-state index is 10.4. The molecule has 1 heterocycles. The first-order valence-corrected chi connectivity index (χ1v) is 4.92. The first kappa shape index (κ1) is 11.1. The van der Waals surface area contributed by atoms with E-state index >= 15 is 0 Å². The second kappa shape index (κ2) is 4.60. The lowest BCUT2D eigenvalue weighted by molar-refractivity contribution is -0.384. The van der Waals surface area contributed by atoms with Crippen molar-refractivity contribution in [3.8, 4) is 0 Å². The fourth-order valence-electron chi connectivity index (χ4n) is 1.29. The zero-order chi connectivity index (χ0) is 12.3. The van der Waals surface area contributed by atoms with Crippen LogP contribution in [0.5, 0.6) is 0 Å². The molecule has 1 aromatic heterocycles. The Kier molecular flexibility index (Phi) is 2.99. The van der Waals surface area contributed by atoms with Gasteiger partial charge in [0.1, 0.15) is 0 Å². The number of anilines is 1. The number of aryl methyl sites for hydroxylation is 1. The Labute approximate surface area is 96.6 Å². The van der Waals surface area contributed by atoms with Gasteiger partial charge in [0.05, 0.1) is 11.5 Å². The lowest BCUT2D eigenvalue weighted by Crippen LogP contribution is -1.99. The van der Waals surface area contributed by atoms with Crippen molar-refractivity contribution < 1.29 is 9.45 Å². The summed E-state index contributed by atoms with van der Waals surface area (Å²) in [7, 11) is 0. The number of non-ortho nitro benzene ring substituents is 1. The van der Waals surface area contributed by atoms with Crippen LogP contribution in [-0.2, 0) is 6.54 Å². The molecule has 0 radical (unpaired) electrons. The zero-order valence-corrected chi connectivity index (χ0v) is 9.08. The van der Waals surface area contributed by atoms with Gasteiger partial charge < -0.3 is 9.84 Å². The smallest absolute Gasteiger partial charge is 0.269 e. The van der Waals surface area contributed by atoms with Crippen molar-refractivity contribution in [1.82, 2.24) is 10.1 Å². The minimum Gasteiger partial charge on any atom is -0.376 e. The van der Waals surface area contributed by atoms with E-state index in [0.29, 0.717) is 18.3 Å².